The molecule has 53 heavy (non-hydrogen) atoms. The summed E-state index contributed by atoms with van der Waals surface area (Å²) in [5, 5.41) is 5.89. The molecule has 2 rings (SSSR count). The monoisotopic (exact) mass is 791 g/mol. The predicted octanol–water partition coefficient (Wildman–Crippen LogP) is 4.26. The largest absolute Gasteiger partial charge is 0.382 e. The van der Waals surface area contributed by atoms with Crippen LogP contribution in [-0.4, -0.2) is 135 Å². The van der Waals surface area contributed by atoms with Gasteiger partial charge in [-0.3, -0.25) is 19.2 Å². The first-order chi connectivity index (χ1) is 25.9. The van der Waals surface area contributed by atoms with E-state index in [1.165, 1.54) is 51.4 Å². The number of unbranched alkanes of at least 4 members (excludes halogenated alkanes) is 13. The third kappa shape index (κ3) is 24.5. The molecule has 4 amide bonds. The fourth-order valence-electron chi connectivity index (χ4n) is 5.87. The number of carbonyl (C=O) groups is 4. The molecule has 0 spiro atoms. The summed E-state index contributed by atoms with van der Waals surface area (Å²) in [6, 6.07) is -0.691. The van der Waals surface area contributed by atoms with Crippen LogP contribution in [0, 0.1) is 0 Å². The predicted molar refractivity (Wildman–Crippen MR) is 218 cm³/mol. The molecule has 0 radical (unpaired) electrons. The molecule has 0 aromatic carbocycles. The lowest BCUT2D eigenvalue weighted by Crippen LogP contribution is -2.48. The highest BCUT2D eigenvalue weighted by atomic mass is 32.2. The Morgan fingerprint density at radius 2 is 1.06 bits per heavy atom. The van der Waals surface area contributed by atoms with Gasteiger partial charge in [0, 0.05) is 38.1 Å². The van der Waals surface area contributed by atoms with Crippen molar-refractivity contribution >= 4 is 47.2 Å². The molecule has 15 heteroatoms. The number of nitrogens with zero attached hydrogens (tertiary/aromatic N) is 2. The number of hydrogen-bond donors (Lipinski definition) is 4. The number of nitrogens with two attached hydrogens (primary N) is 2. The van der Waals surface area contributed by atoms with Crippen molar-refractivity contribution in [3.05, 3.63) is 0 Å². The number of carbonyl (C=O) groups excluding carboxylic acids is 4. The van der Waals surface area contributed by atoms with Crippen LogP contribution in [0.3, 0.4) is 0 Å². The molecule has 2 aliphatic heterocycles. The van der Waals surface area contributed by atoms with Crippen molar-refractivity contribution in [2.24, 2.45) is 11.5 Å². The van der Waals surface area contributed by atoms with E-state index < -0.39 is 6.04 Å². The second-order valence-electron chi connectivity index (χ2n) is 13.6. The Hall–Kier alpha value is -1.62. The van der Waals surface area contributed by atoms with E-state index in [2.05, 4.69) is 17.6 Å². The van der Waals surface area contributed by atoms with Crippen molar-refractivity contribution in [1.82, 2.24) is 20.4 Å². The SMILES string of the molecule is CCCCCCCCCCCCC(=O)N1CSCC1C(=O)NCCCCCN.COCCOCCOCC(=O)N1CSCC1C(=O)NCCCCCN. The van der Waals surface area contributed by atoms with Gasteiger partial charge in [-0.15, -0.1) is 23.5 Å². The highest BCUT2D eigenvalue weighted by molar-refractivity contribution is 7.99. The summed E-state index contributed by atoms with van der Waals surface area (Å²) >= 11 is 3.26. The van der Waals surface area contributed by atoms with Crippen LogP contribution >= 0.6 is 23.5 Å². The minimum absolute atomic E-state index is 0.00849. The molecule has 2 atom stereocenters. The minimum atomic E-state index is -0.409. The van der Waals surface area contributed by atoms with Crippen molar-refractivity contribution in [1.29, 1.82) is 0 Å². The van der Waals surface area contributed by atoms with Gasteiger partial charge < -0.3 is 46.1 Å². The van der Waals surface area contributed by atoms with Gasteiger partial charge in [0.05, 0.1) is 38.2 Å². The van der Waals surface area contributed by atoms with Crippen molar-refractivity contribution < 1.29 is 33.4 Å². The summed E-state index contributed by atoms with van der Waals surface area (Å²) in [6.07, 6.45) is 19.1. The van der Waals surface area contributed by atoms with Gasteiger partial charge in [-0.25, -0.2) is 0 Å². The van der Waals surface area contributed by atoms with Gasteiger partial charge in [-0.2, -0.15) is 0 Å². The van der Waals surface area contributed by atoms with E-state index in [0.29, 0.717) is 76.5 Å². The quantitative estimate of drug-likeness (QED) is 0.0738. The maximum absolute atomic E-state index is 12.5. The van der Waals surface area contributed by atoms with Gasteiger partial charge in [0.25, 0.3) is 0 Å². The Kier molecular flexibility index (Phi) is 32.5. The van der Waals surface area contributed by atoms with E-state index >= 15 is 0 Å². The van der Waals surface area contributed by atoms with Crippen LogP contribution in [-0.2, 0) is 33.4 Å². The molecule has 0 aromatic heterocycles. The lowest BCUT2D eigenvalue weighted by Gasteiger charge is -2.23. The number of ether oxygens (including phenoxy) is 3. The molecule has 0 bridgehead atoms. The number of nitrogens with one attached hydrogen (secondary N) is 2. The lowest BCUT2D eigenvalue weighted by atomic mass is 10.1. The average molecular weight is 791 g/mol. The van der Waals surface area contributed by atoms with E-state index in [1.807, 2.05) is 0 Å². The van der Waals surface area contributed by atoms with E-state index in [-0.39, 0.29) is 36.3 Å². The van der Waals surface area contributed by atoms with Crippen molar-refractivity contribution in [2.75, 3.05) is 89.6 Å². The topological polar surface area (TPSA) is 179 Å². The lowest BCUT2D eigenvalue weighted by molar-refractivity contribution is -0.142. The summed E-state index contributed by atoms with van der Waals surface area (Å²) in [6.45, 7) is 6.69. The Morgan fingerprint density at radius 3 is 1.57 bits per heavy atom. The van der Waals surface area contributed by atoms with Gasteiger partial charge in [0.1, 0.15) is 18.7 Å². The number of amides is 4. The van der Waals surface area contributed by atoms with Crippen LogP contribution in [0.25, 0.3) is 0 Å². The second kappa shape index (κ2) is 34.8. The third-order valence-electron chi connectivity index (χ3n) is 9.14. The first-order valence-electron chi connectivity index (χ1n) is 20.3. The zero-order valence-corrected chi connectivity index (χ0v) is 34.7. The molecule has 2 saturated heterocycles. The van der Waals surface area contributed by atoms with Gasteiger partial charge in [-0.05, 0) is 45.2 Å². The van der Waals surface area contributed by atoms with Crippen LogP contribution < -0.4 is 22.1 Å². The van der Waals surface area contributed by atoms with Gasteiger partial charge >= 0.3 is 0 Å². The molecular formula is C38H74N6O7S2. The van der Waals surface area contributed by atoms with Crippen molar-refractivity contribution in [3.63, 3.8) is 0 Å². The minimum Gasteiger partial charge on any atom is -0.382 e. The summed E-state index contributed by atoms with van der Waals surface area (Å²) in [4.78, 5) is 52.8. The molecule has 2 heterocycles. The van der Waals surface area contributed by atoms with Gasteiger partial charge in [0.2, 0.25) is 23.6 Å². The molecule has 2 fully saturated rings. The van der Waals surface area contributed by atoms with E-state index in [4.69, 9.17) is 25.7 Å². The molecule has 0 aromatic rings. The molecule has 2 aliphatic rings. The van der Waals surface area contributed by atoms with Crippen molar-refractivity contribution in [3.8, 4) is 0 Å². The average Bonchev–Trinajstić information content (AvgIpc) is 3.86. The van der Waals surface area contributed by atoms with Crippen LogP contribution in [0.4, 0.5) is 0 Å². The number of methoxy groups -OCH3 is 1. The first-order valence-corrected chi connectivity index (χ1v) is 22.6. The van der Waals surface area contributed by atoms with E-state index in [9.17, 15) is 19.2 Å². The highest BCUT2D eigenvalue weighted by Crippen LogP contribution is 2.23. The molecule has 0 saturated carbocycles. The molecule has 310 valence electrons. The Bertz CT molecular complexity index is 955. The Balaban J connectivity index is 0.000000533. The standard InChI is InChI=1S/C22H43N3O2S.C16H31N3O5S/c1-2-3-4-5-6-7-8-9-10-12-15-21(26)25-19-28-18-20(25)22(27)24-17-14-11-13-16-23;1-22-7-8-23-9-10-24-11-15(20)19-13-25-12-14(19)16(21)18-6-4-2-3-5-17/h20H,2-19,23H2,1H3,(H,24,27);14H,2-13,17H2,1H3,(H,18,21). The number of rotatable bonds is 31. The molecule has 6 N–H and O–H groups in total. The Labute approximate surface area is 329 Å². The maximum atomic E-state index is 12.5. The van der Waals surface area contributed by atoms with Gasteiger partial charge in [0.15, 0.2) is 0 Å². The number of thioether (sulfide) groups is 2. The van der Waals surface area contributed by atoms with Crippen LogP contribution in [0.2, 0.25) is 0 Å². The molecular weight excluding hydrogens is 717 g/mol. The summed E-state index contributed by atoms with van der Waals surface area (Å²) < 4.78 is 15.5. The molecule has 13 nitrogen and oxygen atoms in total. The van der Waals surface area contributed by atoms with E-state index in [0.717, 1.165) is 57.1 Å². The summed E-state index contributed by atoms with van der Waals surface area (Å²) in [5.74, 6) is 2.43. The Morgan fingerprint density at radius 1 is 0.604 bits per heavy atom. The normalized spacial score (nSPS) is 16.8. The van der Waals surface area contributed by atoms with Crippen LogP contribution in [0.1, 0.15) is 116 Å². The second-order valence-corrected chi connectivity index (χ2v) is 15.6. The van der Waals surface area contributed by atoms with Crippen LogP contribution in [0.5, 0.6) is 0 Å². The van der Waals surface area contributed by atoms with Gasteiger partial charge in [-0.1, -0.05) is 77.6 Å². The third-order valence-corrected chi connectivity index (χ3v) is 11.2. The maximum Gasteiger partial charge on any atom is 0.249 e. The zero-order valence-electron chi connectivity index (χ0n) is 33.1. The fourth-order valence-corrected chi connectivity index (χ4v) is 8.24. The highest BCUT2D eigenvalue weighted by Gasteiger charge is 2.35. The zero-order chi connectivity index (χ0) is 38.8. The van der Waals surface area contributed by atoms with Crippen LogP contribution in [0.15, 0.2) is 0 Å². The summed E-state index contributed by atoms with van der Waals surface area (Å²) in [7, 11) is 1.61. The number of hydrogen-bond acceptors (Lipinski definition) is 11. The molecule has 2 unspecified atom stereocenters. The fraction of sp³-hybridized carbons (Fsp3) is 0.895. The first kappa shape index (κ1) is 49.4. The molecule has 0 aliphatic carbocycles. The summed E-state index contributed by atoms with van der Waals surface area (Å²) in [5.41, 5.74) is 10.9. The smallest absolute Gasteiger partial charge is 0.249 e. The van der Waals surface area contributed by atoms with E-state index in [1.54, 1.807) is 40.4 Å². The van der Waals surface area contributed by atoms with Crippen molar-refractivity contribution in [2.45, 2.75) is 128 Å².